The van der Waals surface area contributed by atoms with Crippen LogP contribution in [0.2, 0.25) is 0 Å². The number of carbonyl (C=O) groups is 1. The Kier molecular flexibility index (Phi) is 11.2. The highest BCUT2D eigenvalue weighted by Crippen LogP contribution is 2.70. The minimum Gasteiger partial charge on any atom is -0.458 e. The van der Waals surface area contributed by atoms with Gasteiger partial charge in [0.2, 0.25) is 0 Å². The van der Waals surface area contributed by atoms with Crippen LogP contribution in [0.5, 0.6) is 0 Å². The number of rotatable bonds is 13. The van der Waals surface area contributed by atoms with Gasteiger partial charge in [0.1, 0.15) is 12.7 Å². The van der Waals surface area contributed by atoms with Crippen molar-refractivity contribution >= 4 is 12.2 Å². The van der Waals surface area contributed by atoms with Gasteiger partial charge in [-0.05, 0) is 88.0 Å². The van der Waals surface area contributed by atoms with Gasteiger partial charge in [-0.3, -0.25) is 4.99 Å². The summed E-state index contributed by atoms with van der Waals surface area (Å²) in [6, 6.07) is 0. The summed E-state index contributed by atoms with van der Waals surface area (Å²) in [5, 5.41) is 46.1. The minimum absolute atomic E-state index is 0.0337. The fraction of sp³-hybridized carbons (Fsp3) is 0.897. The smallest absolute Gasteiger partial charge is 0.331 e. The predicted molar refractivity (Wildman–Crippen MR) is 183 cm³/mol. The third-order valence-corrected chi connectivity index (χ3v) is 14.1. The molecule has 6 aliphatic rings. The molecule has 5 fully saturated rings. The number of aliphatic hydroxyl groups is 4. The zero-order chi connectivity index (χ0) is 34.2. The van der Waals surface area contributed by atoms with Crippen LogP contribution >= 0.6 is 0 Å². The molecule has 0 aromatic rings. The molecular formula is C39H63NO8. The second-order valence-electron chi connectivity index (χ2n) is 16.7. The van der Waals surface area contributed by atoms with Gasteiger partial charge in [-0.2, -0.15) is 0 Å². The topological polar surface area (TPSA) is 138 Å². The maximum absolute atomic E-state index is 12.8. The van der Waals surface area contributed by atoms with E-state index >= 15 is 0 Å². The van der Waals surface area contributed by atoms with Gasteiger partial charge in [-0.1, -0.05) is 58.8 Å². The number of carbonyl (C=O) groups excluding carboxylic acids is 1. The molecule has 2 heterocycles. The number of unbranched alkanes of at least 4 members (excludes halogenated alkanes) is 7. The highest BCUT2D eigenvalue weighted by Gasteiger charge is 2.71. The number of aliphatic hydroxyl groups excluding tert-OH is 2. The Bertz CT molecular complexity index is 1180. The first kappa shape index (κ1) is 36.4. The van der Waals surface area contributed by atoms with Gasteiger partial charge in [0.25, 0.3) is 0 Å². The Labute approximate surface area is 287 Å². The molecule has 0 amide bonds. The number of esters is 1. The Hall–Kier alpha value is -1.36. The van der Waals surface area contributed by atoms with Crippen LogP contribution in [0.25, 0.3) is 0 Å². The normalized spacial score (nSPS) is 45.8. The van der Waals surface area contributed by atoms with E-state index in [1.807, 2.05) is 0 Å². The lowest BCUT2D eigenvalue weighted by Crippen LogP contribution is -2.69. The van der Waals surface area contributed by atoms with E-state index in [9.17, 15) is 25.2 Å². The van der Waals surface area contributed by atoms with Crippen LogP contribution < -0.4 is 0 Å². The number of hydrogen-bond donors (Lipinski definition) is 4. The molecule has 272 valence electrons. The molecule has 0 aromatic carbocycles. The minimum atomic E-state index is -1.03. The van der Waals surface area contributed by atoms with Gasteiger partial charge in [-0.25, -0.2) is 4.79 Å². The molecule has 0 unspecified atom stereocenters. The van der Waals surface area contributed by atoms with E-state index in [2.05, 4.69) is 20.1 Å². The zero-order valence-corrected chi connectivity index (χ0v) is 29.8. The van der Waals surface area contributed by atoms with Gasteiger partial charge in [0.05, 0.1) is 29.5 Å². The van der Waals surface area contributed by atoms with Crippen molar-refractivity contribution in [1.29, 1.82) is 0 Å². The molecule has 0 radical (unpaired) electrons. The van der Waals surface area contributed by atoms with Crippen molar-refractivity contribution in [3.63, 3.8) is 0 Å². The van der Waals surface area contributed by atoms with Crippen molar-refractivity contribution in [3.8, 4) is 0 Å². The molecule has 4 aliphatic carbocycles. The first-order valence-corrected chi connectivity index (χ1v) is 19.5. The fourth-order valence-corrected chi connectivity index (χ4v) is 11.3. The molecule has 2 aliphatic heterocycles. The summed E-state index contributed by atoms with van der Waals surface area (Å²) in [6.07, 6.45) is 17.2. The van der Waals surface area contributed by atoms with E-state index in [1.54, 1.807) is 13.0 Å². The van der Waals surface area contributed by atoms with Gasteiger partial charge in [0.15, 0.2) is 6.29 Å². The van der Waals surface area contributed by atoms with Gasteiger partial charge in [-0.15, -0.1) is 0 Å². The summed E-state index contributed by atoms with van der Waals surface area (Å²) >= 11 is 0. The molecule has 9 nitrogen and oxygen atoms in total. The largest absolute Gasteiger partial charge is 0.458 e. The van der Waals surface area contributed by atoms with Crippen molar-refractivity contribution in [1.82, 2.24) is 0 Å². The summed E-state index contributed by atoms with van der Waals surface area (Å²) in [6.45, 7) is 7.31. The standard InChI is InChI=1S/C39H63NO8/c1-4-5-6-7-8-9-10-11-20-40-25-37-17-12-28(48-34-22-32(41)35(43)26(2)47-34)23-38(37,44)18-14-31-30(37)13-16-36(3)29(15-19-39(31,36)45)27-21-33(42)46-24-27/h21,25-26,28-32,34-35,41,43-45H,4-20,22-24H2,1-3H3/t26-,28-,29-,30-,31+,32-,34+,35+,36+,37-,38+,39-/m0/s1. The average Bonchev–Trinajstić information content (AvgIpc) is 3.60. The predicted octanol–water partition coefficient (Wildman–Crippen LogP) is 5.79. The van der Waals surface area contributed by atoms with Crippen LogP contribution in [0.1, 0.15) is 136 Å². The highest BCUT2D eigenvalue weighted by atomic mass is 16.7. The quantitative estimate of drug-likeness (QED) is 0.0835. The summed E-state index contributed by atoms with van der Waals surface area (Å²) in [7, 11) is 0. The van der Waals surface area contributed by atoms with Gasteiger partial charge in [0, 0.05) is 42.5 Å². The van der Waals surface area contributed by atoms with Crippen LogP contribution in [-0.4, -0.2) is 87.7 Å². The number of nitrogens with zero attached hydrogens (tertiary/aromatic N) is 1. The van der Waals surface area contributed by atoms with E-state index in [0.29, 0.717) is 32.3 Å². The first-order valence-electron chi connectivity index (χ1n) is 19.5. The lowest BCUT2D eigenvalue weighted by molar-refractivity contribution is -0.282. The lowest BCUT2D eigenvalue weighted by Gasteiger charge is -2.66. The van der Waals surface area contributed by atoms with Crippen molar-refractivity contribution in [3.05, 3.63) is 11.6 Å². The molecule has 0 aromatic heterocycles. The number of ether oxygens (including phenoxy) is 3. The second kappa shape index (κ2) is 14.7. The Morgan fingerprint density at radius 2 is 1.69 bits per heavy atom. The van der Waals surface area contributed by atoms with Crippen LogP contribution in [0.15, 0.2) is 16.6 Å². The van der Waals surface area contributed by atoms with Crippen LogP contribution in [0, 0.1) is 28.6 Å². The van der Waals surface area contributed by atoms with Crippen LogP contribution in [0.4, 0.5) is 0 Å². The molecular weight excluding hydrogens is 610 g/mol. The van der Waals surface area contributed by atoms with Crippen molar-refractivity contribution in [2.75, 3.05) is 13.2 Å². The van der Waals surface area contributed by atoms with E-state index < -0.39 is 41.2 Å². The first-order chi connectivity index (χ1) is 23.0. The molecule has 6 rings (SSSR count). The molecule has 0 spiro atoms. The monoisotopic (exact) mass is 673 g/mol. The maximum Gasteiger partial charge on any atom is 0.331 e. The van der Waals surface area contributed by atoms with E-state index in [0.717, 1.165) is 50.6 Å². The van der Waals surface area contributed by atoms with Crippen molar-refractivity contribution < 1.29 is 39.4 Å². The number of aliphatic imine (C=N–C) groups is 1. The molecule has 4 saturated carbocycles. The Morgan fingerprint density at radius 3 is 2.40 bits per heavy atom. The molecule has 4 N–H and O–H groups in total. The Morgan fingerprint density at radius 1 is 0.958 bits per heavy atom. The van der Waals surface area contributed by atoms with Crippen molar-refractivity contribution in [2.45, 2.75) is 178 Å². The fourth-order valence-electron chi connectivity index (χ4n) is 11.3. The van der Waals surface area contributed by atoms with Crippen LogP contribution in [0.3, 0.4) is 0 Å². The van der Waals surface area contributed by atoms with E-state index in [-0.39, 0.29) is 41.7 Å². The summed E-state index contributed by atoms with van der Waals surface area (Å²) in [5.74, 6) is -0.0240. The summed E-state index contributed by atoms with van der Waals surface area (Å²) in [5.41, 5.74) is -1.80. The zero-order valence-electron chi connectivity index (χ0n) is 29.8. The number of hydrogen-bond acceptors (Lipinski definition) is 9. The number of cyclic esters (lactones) is 1. The molecule has 48 heavy (non-hydrogen) atoms. The molecule has 9 heteroatoms. The van der Waals surface area contributed by atoms with Gasteiger partial charge >= 0.3 is 5.97 Å². The maximum atomic E-state index is 12.8. The van der Waals surface area contributed by atoms with Crippen molar-refractivity contribution in [2.24, 2.45) is 33.6 Å². The third-order valence-electron chi connectivity index (χ3n) is 14.1. The third kappa shape index (κ3) is 6.58. The van der Waals surface area contributed by atoms with Gasteiger partial charge < -0.3 is 34.6 Å². The van der Waals surface area contributed by atoms with Crippen LogP contribution in [-0.2, 0) is 19.0 Å². The highest BCUT2D eigenvalue weighted by molar-refractivity contribution is 5.85. The molecule has 0 bridgehead atoms. The van der Waals surface area contributed by atoms with E-state index in [4.69, 9.17) is 19.2 Å². The molecule has 12 atom stereocenters. The number of fused-ring (bicyclic) bond motifs is 5. The lowest BCUT2D eigenvalue weighted by atomic mass is 9.41. The average molecular weight is 674 g/mol. The summed E-state index contributed by atoms with van der Waals surface area (Å²) in [4.78, 5) is 17.1. The summed E-state index contributed by atoms with van der Waals surface area (Å²) < 4.78 is 17.6. The molecule has 1 saturated heterocycles. The SMILES string of the molecule is CCCCCCCCCCN=C[C@]12CC[C@H](O[C@@H]3C[C@H](O)[C@H](O)[C@H](C)O3)C[C@]1(O)CC[C@@H]1[C@@H]2CC[C@]2(C)[C@H](C3=CC(=O)OC3)CC[C@]12O. The Balaban J connectivity index is 1.19. The van der Waals surface area contributed by atoms with E-state index in [1.165, 1.54) is 44.9 Å². The second-order valence-corrected chi connectivity index (χ2v) is 16.7.